The summed E-state index contributed by atoms with van der Waals surface area (Å²) < 4.78 is 0. The summed E-state index contributed by atoms with van der Waals surface area (Å²) in [4.78, 5) is 4.30. The van der Waals surface area contributed by atoms with Gasteiger partial charge in [-0.15, -0.1) is 0 Å². The normalized spacial score (nSPS) is 10.5. The van der Waals surface area contributed by atoms with E-state index in [4.69, 9.17) is 0 Å². The highest BCUT2D eigenvalue weighted by Gasteiger charge is 1.96. The largest absolute Gasteiger partial charge is 0.256 e. The van der Waals surface area contributed by atoms with Gasteiger partial charge in [0, 0.05) is 11.6 Å². The second-order valence-electron chi connectivity index (χ2n) is 3.15. The molecule has 0 aliphatic rings. The summed E-state index contributed by atoms with van der Waals surface area (Å²) in [5.74, 6) is 0. The molecule has 0 unspecified atom stereocenters. The van der Waals surface area contributed by atoms with Crippen LogP contribution in [0.1, 0.15) is 11.1 Å². The van der Waals surface area contributed by atoms with Gasteiger partial charge in [0.1, 0.15) is 0 Å². The van der Waals surface area contributed by atoms with E-state index in [0.717, 1.165) is 5.52 Å². The Hall–Kier alpha value is -1.37. The molecule has 0 aliphatic carbocycles. The number of hydrogen-bond acceptors (Lipinski definition) is 1. The molecule has 0 fully saturated rings. The Balaban J connectivity index is 2.86. The van der Waals surface area contributed by atoms with Crippen LogP contribution < -0.4 is 0 Å². The van der Waals surface area contributed by atoms with Crippen LogP contribution in [0.4, 0.5) is 0 Å². The van der Waals surface area contributed by atoms with Gasteiger partial charge in [-0.3, -0.25) is 4.98 Å². The van der Waals surface area contributed by atoms with Crippen molar-refractivity contribution in [1.29, 1.82) is 0 Å². The topological polar surface area (TPSA) is 12.9 Å². The number of nitrogens with zero attached hydrogens (tertiary/aromatic N) is 1. The van der Waals surface area contributed by atoms with Gasteiger partial charge in [-0.05, 0) is 37.1 Å². The van der Waals surface area contributed by atoms with Crippen LogP contribution in [0.5, 0.6) is 0 Å². The third kappa shape index (κ3) is 1.07. The molecule has 0 spiro atoms. The van der Waals surface area contributed by atoms with Crippen molar-refractivity contribution in [3.8, 4) is 0 Å². The summed E-state index contributed by atoms with van der Waals surface area (Å²) in [7, 11) is 0. The molecule has 0 aliphatic heterocycles. The van der Waals surface area contributed by atoms with Gasteiger partial charge >= 0.3 is 0 Å². The Morgan fingerprint density at radius 1 is 1.08 bits per heavy atom. The molecule has 12 heavy (non-hydrogen) atoms. The quantitative estimate of drug-likeness (QED) is 0.573. The number of aromatic nitrogens is 1. The molecule has 0 saturated heterocycles. The Morgan fingerprint density at radius 3 is 2.75 bits per heavy atom. The minimum Gasteiger partial charge on any atom is -0.256 e. The number of rotatable bonds is 0. The predicted molar refractivity (Wildman–Crippen MR) is 51.2 cm³/mol. The van der Waals surface area contributed by atoms with E-state index >= 15 is 0 Å². The van der Waals surface area contributed by atoms with Gasteiger partial charge < -0.3 is 0 Å². The van der Waals surface area contributed by atoms with Crippen molar-refractivity contribution in [1.82, 2.24) is 4.98 Å². The van der Waals surface area contributed by atoms with E-state index in [1.807, 2.05) is 12.3 Å². The van der Waals surface area contributed by atoms with Crippen LogP contribution in [-0.4, -0.2) is 4.98 Å². The highest BCUT2D eigenvalue weighted by atomic mass is 14.6. The summed E-state index contributed by atoms with van der Waals surface area (Å²) in [5.41, 5.74) is 3.65. The molecular weight excluding hydrogens is 146 g/mol. The zero-order valence-corrected chi connectivity index (χ0v) is 7.33. The van der Waals surface area contributed by atoms with Gasteiger partial charge in [0.05, 0.1) is 5.52 Å². The minimum absolute atomic E-state index is 1.09. The third-order valence-corrected chi connectivity index (χ3v) is 2.12. The first kappa shape index (κ1) is 7.29. The zero-order valence-electron chi connectivity index (χ0n) is 7.33. The lowest BCUT2D eigenvalue weighted by molar-refractivity contribution is 1.35. The number of aryl methyl sites for hydroxylation is 2. The second kappa shape index (κ2) is 2.59. The maximum Gasteiger partial charge on any atom is 0.0707 e. The molecule has 1 heterocycles. The third-order valence-electron chi connectivity index (χ3n) is 2.12. The van der Waals surface area contributed by atoms with Crippen LogP contribution in [0.3, 0.4) is 0 Å². The lowest BCUT2D eigenvalue weighted by Crippen LogP contribution is -1.82. The SMILES string of the molecule is Cc1ccc2c(C)ccnc2c1. The van der Waals surface area contributed by atoms with Crippen molar-refractivity contribution < 1.29 is 0 Å². The molecule has 1 nitrogen and oxygen atoms in total. The van der Waals surface area contributed by atoms with Crippen molar-refractivity contribution >= 4 is 10.9 Å². The molecule has 0 bridgehead atoms. The van der Waals surface area contributed by atoms with Crippen molar-refractivity contribution in [2.24, 2.45) is 0 Å². The van der Waals surface area contributed by atoms with Crippen molar-refractivity contribution in [2.75, 3.05) is 0 Å². The van der Waals surface area contributed by atoms with Gasteiger partial charge in [-0.25, -0.2) is 0 Å². The highest BCUT2D eigenvalue weighted by molar-refractivity contribution is 5.82. The Bertz CT molecular complexity index is 418. The fourth-order valence-electron chi connectivity index (χ4n) is 1.40. The molecule has 0 N–H and O–H groups in total. The van der Waals surface area contributed by atoms with E-state index in [1.165, 1.54) is 16.5 Å². The van der Waals surface area contributed by atoms with Gasteiger partial charge in [0.2, 0.25) is 0 Å². The smallest absolute Gasteiger partial charge is 0.0707 e. The average molecular weight is 157 g/mol. The van der Waals surface area contributed by atoms with Crippen LogP contribution >= 0.6 is 0 Å². The number of benzene rings is 1. The molecule has 0 amide bonds. The molecule has 1 heteroatoms. The van der Waals surface area contributed by atoms with Gasteiger partial charge in [0.25, 0.3) is 0 Å². The van der Waals surface area contributed by atoms with Crippen LogP contribution in [0, 0.1) is 13.8 Å². The molecule has 2 aromatic rings. The Morgan fingerprint density at radius 2 is 1.92 bits per heavy atom. The van der Waals surface area contributed by atoms with E-state index in [2.05, 4.69) is 37.0 Å². The average Bonchev–Trinajstić information content (AvgIpc) is 2.04. The van der Waals surface area contributed by atoms with Gasteiger partial charge in [-0.1, -0.05) is 12.1 Å². The van der Waals surface area contributed by atoms with Crippen molar-refractivity contribution in [3.05, 3.63) is 41.6 Å². The van der Waals surface area contributed by atoms with Crippen LogP contribution in [-0.2, 0) is 0 Å². The minimum atomic E-state index is 1.09. The summed E-state index contributed by atoms with van der Waals surface area (Å²) in [6.07, 6.45) is 1.86. The van der Waals surface area contributed by atoms with Gasteiger partial charge in [-0.2, -0.15) is 0 Å². The fourth-order valence-corrected chi connectivity index (χ4v) is 1.40. The maximum absolute atomic E-state index is 4.30. The van der Waals surface area contributed by atoms with E-state index < -0.39 is 0 Å². The van der Waals surface area contributed by atoms with E-state index in [9.17, 15) is 0 Å². The first-order valence-corrected chi connectivity index (χ1v) is 4.09. The van der Waals surface area contributed by atoms with E-state index in [0.29, 0.717) is 0 Å². The highest BCUT2D eigenvalue weighted by Crippen LogP contribution is 2.16. The van der Waals surface area contributed by atoms with Crippen LogP contribution in [0.15, 0.2) is 30.5 Å². The first-order valence-electron chi connectivity index (χ1n) is 4.09. The summed E-state index contributed by atoms with van der Waals surface area (Å²) in [5, 5.41) is 1.25. The second-order valence-corrected chi connectivity index (χ2v) is 3.15. The number of fused-ring (bicyclic) bond motifs is 1. The molecule has 0 atom stereocenters. The lowest BCUT2D eigenvalue weighted by atomic mass is 10.1. The fraction of sp³-hybridized carbons (Fsp3) is 0.182. The maximum atomic E-state index is 4.30. The van der Waals surface area contributed by atoms with Gasteiger partial charge in [0.15, 0.2) is 0 Å². The van der Waals surface area contributed by atoms with E-state index in [-0.39, 0.29) is 0 Å². The molecular formula is C11H11N. The van der Waals surface area contributed by atoms with Crippen molar-refractivity contribution in [3.63, 3.8) is 0 Å². The zero-order chi connectivity index (χ0) is 8.55. The van der Waals surface area contributed by atoms with Crippen molar-refractivity contribution in [2.45, 2.75) is 13.8 Å². The molecule has 0 saturated carbocycles. The predicted octanol–water partition coefficient (Wildman–Crippen LogP) is 2.85. The molecule has 0 radical (unpaired) electrons. The summed E-state index contributed by atoms with van der Waals surface area (Å²) in [6.45, 7) is 4.20. The first-order chi connectivity index (χ1) is 5.77. The Labute approximate surface area is 72.1 Å². The standard InChI is InChI=1S/C11H11N/c1-8-3-4-10-9(2)5-6-12-11(10)7-8/h3-7H,1-2H3. The molecule has 1 aromatic carbocycles. The molecule has 60 valence electrons. The number of pyridine rings is 1. The Kier molecular flexibility index (Phi) is 1.58. The van der Waals surface area contributed by atoms with Crippen LogP contribution in [0.2, 0.25) is 0 Å². The van der Waals surface area contributed by atoms with E-state index in [1.54, 1.807) is 0 Å². The van der Waals surface area contributed by atoms with Crippen LogP contribution in [0.25, 0.3) is 10.9 Å². The summed E-state index contributed by atoms with van der Waals surface area (Å²) in [6, 6.07) is 8.41. The monoisotopic (exact) mass is 157 g/mol. The number of hydrogen-bond donors (Lipinski definition) is 0. The molecule has 1 aromatic heterocycles. The lowest BCUT2D eigenvalue weighted by Gasteiger charge is -2.00. The summed E-state index contributed by atoms with van der Waals surface area (Å²) >= 11 is 0. The molecule has 2 rings (SSSR count).